The number of carbonyl (C=O) groups is 2. The summed E-state index contributed by atoms with van der Waals surface area (Å²) in [7, 11) is 0. The number of benzene rings is 2. The Hall–Kier alpha value is -3.57. The summed E-state index contributed by atoms with van der Waals surface area (Å²) in [4.78, 5) is 23.1. The first kappa shape index (κ1) is 17.8. The highest BCUT2D eigenvalue weighted by Crippen LogP contribution is 2.29. The van der Waals surface area contributed by atoms with Crippen LogP contribution in [0, 0.1) is 0 Å². The van der Waals surface area contributed by atoms with Gasteiger partial charge in [0, 0.05) is 16.1 Å². The highest BCUT2D eigenvalue weighted by atomic mass is 35.5. The molecule has 1 N–H and O–H groups in total. The van der Waals surface area contributed by atoms with E-state index in [1.807, 2.05) is 0 Å². The van der Waals surface area contributed by atoms with Crippen LogP contribution in [0.5, 0.6) is 0 Å². The lowest BCUT2D eigenvalue weighted by molar-refractivity contribution is -0.130. The number of carboxylic acids is 1. The number of furan rings is 1. The fourth-order valence-corrected chi connectivity index (χ4v) is 2.89. The summed E-state index contributed by atoms with van der Waals surface area (Å²) in [5.74, 6) is 0.0482. The Morgan fingerprint density at radius 3 is 2.29 bits per heavy atom. The lowest BCUT2D eigenvalue weighted by Crippen LogP contribution is -1.96. The highest BCUT2D eigenvalue weighted by Gasteiger charge is 2.22. The molecule has 0 spiro atoms. The van der Waals surface area contributed by atoms with E-state index in [2.05, 4.69) is 0 Å². The lowest BCUT2D eigenvalue weighted by atomic mass is 10.1. The van der Waals surface area contributed by atoms with Gasteiger partial charge in [0.25, 0.3) is 0 Å². The topological polar surface area (TPSA) is 76.7 Å². The minimum Gasteiger partial charge on any atom is -0.478 e. The van der Waals surface area contributed by atoms with Crippen molar-refractivity contribution in [1.82, 2.24) is 0 Å². The van der Waals surface area contributed by atoms with Crippen LogP contribution in [0.3, 0.4) is 0 Å². The summed E-state index contributed by atoms with van der Waals surface area (Å²) in [6.07, 6.45) is 3.25. The maximum Gasteiger partial charge on any atom is 0.343 e. The van der Waals surface area contributed by atoms with Gasteiger partial charge in [0.2, 0.25) is 0 Å². The molecule has 3 aromatic rings. The molecule has 5 nitrogen and oxygen atoms in total. The second-order valence-corrected chi connectivity index (χ2v) is 6.53. The molecule has 2 aromatic carbocycles. The third kappa shape index (κ3) is 3.61. The maximum atomic E-state index is 12.1. The third-order valence-corrected chi connectivity index (χ3v) is 4.45. The van der Waals surface area contributed by atoms with Gasteiger partial charge in [0.1, 0.15) is 17.3 Å². The normalized spacial score (nSPS) is 14.8. The quantitative estimate of drug-likeness (QED) is 0.483. The number of carbonyl (C=O) groups excluding carboxylic acids is 1. The van der Waals surface area contributed by atoms with Crippen molar-refractivity contribution in [1.29, 1.82) is 0 Å². The van der Waals surface area contributed by atoms with Crippen LogP contribution in [0.2, 0.25) is 5.02 Å². The molecule has 0 atom stereocenters. The lowest BCUT2D eigenvalue weighted by Gasteiger charge is -2.01. The van der Waals surface area contributed by atoms with Gasteiger partial charge in [-0.1, -0.05) is 23.7 Å². The molecular weight excluding hydrogens is 380 g/mol. The molecule has 2 heterocycles. The Kier molecular flexibility index (Phi) is 4.59. The molecule has 0 saturated heterocycles. The summed E-state index contributed by atoms with van der Waals surface area (Å²) in [6.45, 7) is 0. The van der Waals surface area contributed by atoms with Gasteiger partial charge in [0.05, 0.1) is 11.1 Å². The molecule has 6 heteroatoms. The molecule has 138 valence electrons. The van der Waals surface area contributed by atoms with E-state index in [0.717, 1.165) is 11.1 Å². The number of carboxylic acid groups (broad SMARTS) is 1. The Morgan fingerprint density at radius 2 is 1.61 bits per heavy atom. The van der Waals surface area contributed by atoms with Crippen molar-refractivity contribution in [3.63, 3.8) is 0 Å². The van der Waals surface area contributed by atoms with E-state index in [0.29, 0.717) is 27.9 Å². The first-order chi connectivity index (χ1) is 13.5. The van der Waals surface area contributed by atoms with Crippen molar-refractivity contribution < 1.29 is 23.8 Å². The first-order valence-electron chi connectivity index (χ1n) is 8.35. The number of rotatable bonds is 4. The Bertz CT molecular complexity index is 1120. The second-order valence-electron chi connectivity index (χ2n) is 6.09. The number of hydrogen-bond acceptors (Lipinski definition) is 4. The fourth-order valence-electron chi connectivity index (χ4n) is 2.76. The minimum atomic E-state index is -0.987. The van der Waals surface area contributed by atoms with Gasteiger partial charge in [-0.25, -0.2) is 9.59 Å². The number of aromatic carboxylic acids is 1. The van der Waals surface area contributed by atoms with Crippen LogP contribution in [0.1, 0.15) is 21.7 Å². The summed E-state index contributed by atoms with van der Waals surface area (Å²) >= 11 is 5.88. The molecule has 28 heavy (non-hydrogen) atoms. The van der Waals surface area contributed by atoms with Crippen LogP contribution >= 0.6 is 11.6 Å². The molecule has 0 fully saturated rings. The number of esters is 1. The smallest absolute Gasteiger partial charge is 0.343 e. The van der Waals surface area contributed by atoms with Crippen molar-refractivity contribution in [3.05, 3.63) is 94.2 Å². The van der Waals surface area contributed by atoms with Crippen molar-refractivity contribution in [2.24, 2.45) is 0 Å². The van der Waals surface area contributed by atoms with Gasteiger partial charge < -0.3 is 14.3 Å². The van der Waals surface area contributed by atoms with Gasteiger partial charge in [-0.3, -0.25) is 0 Å². The Morgan fingerprint density at radius 1 is 0.929 bits per heavy atom. The zero-order valence-electron chi connectivity index (χ0n) is 14.4. The van der Waals surface area contributed by atoms with E-state index in [9.17, 15) is 9.59 Å². The van der Waals surface area contributed by atoms with Gasteiger partial charge in [-0.15, -0.1) is 0 Å². The van der Waals surface area contributed by atoms with Crippen molar-refractivity contribution >= 4 is 35.4 Å². The summed E-state index contributed by atoms with van der Waals surface area (Å²) in [5.41, 5.74) is 2.05. The number of hydrogen-bond donors (Lipinski definition) is 1. The molecule has 1 aromatic heterocycles. The molecule has 0 aliphatic carbocycles. The van der Waals surface area contributed by atoms with E-state index in [1.165, 1.54) is 12.1 Å². The monoisotopic (exact) mass is 392 g/mol. The molecule has 1 aliphatic rings. The molecule has 4 rings (SSSR count). The average Bonchev–Trinajstić information content (AvgIpc) is 3.30. The van der Waals surface area contributed by atoms with E-state index >= 15 is 0 Å². The van der Waals surface area contributed by atoms with E-state index in [-0.39, 0.29) is 5.56 Å². The Balaban J connectivity index is 1.58. The van der Waals surface area contributed by atoms with Crippen LogP contribution in [0.25, 0.3) is 23.2 Å². The maximum absolute atomic E-state index is 12.1. The fraction of sp³-hybridized carbons (Fsp3) is 0. The Labute approximate surface area is 165 Å². The third-order valence-electron chi connectivity index (χ3n) is 4.19. The summed E-state index contributed by atoms with van der Waals surface area (Å²) in [5, 5.41) is 9.57. The largest absolute Gasteiger partial charge is 0.478 e. The second kappa shape index (κ2) is 7.21. The molecule has 0 bridgehead atoms. The zero-order valence-corrected chi connectivity index (χ0v) is 15.1. The van der Waals surface area contributed by atoms with Crippen molar-refractivity contribution in [2.75, 3.05) is 0 Å². The summed E-state index contributed by atoms with van der Waals surface area (Å²) < 4.78 is 11.1. The van der Waals surface area contributed by atoms with Gasteiger partial charge >= 0.3 is 11.9 Å². The number of cyclic esters (lactones) is 1. The van der Waals surface area contributed by atoms with Crippen LogP contribution in [0.4, 0.5) is 0 Å². The van der Waals surface area contributed by atoms with Crippen LogP contribution in [-0.4, -0.2) is 17.0 Å². The number of halogens is 1. The van der Waals surface area contributed by atoms with Crippen LogP contribution in [-0.2, 0) is 9.53 Å². The molecule has 0 unspecified atom stereocenters. The minimum absolute atomic E-state index is 0.200. The van der Waals surface area contributed by atoms with E-state index in [1.54, 1.807) is 60.7 Å². The zero-order chi connectivity index (χ0) is 19.7. The van der Waals surface area contributed by atoms with Gasteiger partial charge in [-0.2, -0.15) is 0 Å². The van der Waals surface area contributed by atoms with Crippen molar-refractivity contribution in [3.8, 4) is 11.3 Å². The predicted molar refractivity (Wildman–Crippen MR) is 105 cm³/mol. The van der Waals surface area contributed by atoms with Gasteiger partial charge in [0.15, 0.2) is 0 Å². The standard InChI is InChI=1S/C22H13ClO5/c23-17-7-5-14(6-8-17)20-12-16(22(26)28-20)11-18-9-10-19(27-18)13-1-3-15(4-2-13)21(24)25/h1-12H,(H,24,25)/b16-11+. The van der Waals surface area contributed by atoms with E-state index < -0.39 is 11.9 Å². The van der Waals surface area contributed by atoms with Gasteiger partial charge in [-0.05, 0) is 60.7 Å². The molecule has 0 saturated carbocycles. The van der Waals surface area contributed by atoms with Crippen molar-refractivity contribution in [2.45, 2.75) is 0 Å². The predicted octanol–water partition coefficient (Wildman–Crippen LogP) is 5.28. The van der Waals surface area contributed by atoms with Crippen LogP contribution in [0.15, 0.2) is 76.7 Å². The average molecular weight is 393 g/mol. The summed E-state index contributed by atoms with van der Waals surface area (Å²) in [6, 6.07) is 16.8. The molecular formula is C22H13ClO5. The highest BCUT2D eigenvalue weighted by molar-refractivity contribution is 6.30. The SMILES string of the molecule is O=C1OC(c2ccc(Cl)cc2)=C/C1=C\c1ccc(-c2ccc(C(=O)O)cc2)o1. The van der Waals surface area contributed by atoms with Crippen LogP contribution < -0.4 is 0 Å². The first-order valence-corrected chi connectivity index (χ1v) is 8.72. The molecule has 0 radical (unpaired) electrons. The van der Waals surface area contributed by atoms with E-state index in [4.69, 9.17) is 25.9 Å². The molecule has 0 amide bonds. The number of ether oxygens (including phenoxy) is 1. The molecule has 1 aliphatic heterocycles.